The third-order valence-electron chi connectivity index (χ3n) is 5.00. The summed E-state index contributed by atoms with van der Waals surface area (Å²) in [7, 11) is 0. The van der Waals surface area contributed by atoms with E-state index in [2.05, 4.69) is 40.2 Å². The first-order valence-corrected chi connectivity index (χ1v) is 9.58. The fourth-order valence-corrected chi connectivity index (χ4v) is 3.51. The van der Waals surface area contributed by atoms with Gasteiger partial charge in [0.2, 0.25) is 17.5 Å². The topological polar surface area (TPSA) is 57.5 Å². The Balaban J connectivity index is 1.41. The zero-order valence-electron chi connectivity index (χ0n) is 15.7. The highest BCUT2D eigenvalue weighted by Crippen LogP contribution is 2.23. The SMILES string of the molecule is N#Cc1nc(/C=C/c2ccccc2)oc1N1CC[NH+](Cc2ccccc2)CC1. The van der Waals surface area contributed by atoms with Crippen molar-refractivity contribution in [3.63, 3.8) is 0 Å². The van der Waals surface area contributed by atoms with Crippen molar-refractivity contribution in [2.45, 2.75) is 6.54 Å². The lowest BCUT2D eigenvalue weighted by Gasteiger charge is -2.31. The lowest BCUT2D eigenvalue weighted by atomic mass is 10.2. The van der Waals surface area contributed by atoms with Gasteiger partial charge in [-0.1, -0.05) is 60.7 Å². The van der Waals surface area contributed by atoms with Crippen molar-refractivity contribution in [3.8, 4) is 6.07 Å². The molecule has 1 fully saturated rings. The minimum atomic E-state index is 0.360. The molecular formula is C23H23N4O+. The molecule has 1 aromatic heterocycles. The van der Waals surface area contributed by atoms with Gasteiger partial charge in [-0.25, -0.2) is 0 Å². The molecular weight excluding hydrogens is 348 g/mol. The predicted molar refractivity (Wildman–Crippen MR) is 110 cm³/mol. The number of aromatic nitrogens is 1. The quantitative estimate of drug-likeness (QED) is 0.749. The van der Waals surface area contributed by atoms with Crippen LogP contribution < -0.4 is 9.80 Å². The summed E-state index contributed by atoms with van der Waals surface area (Å²) in [5.74, 6) is 1.06. The highest BCUT2D eigenvalue weighted by atomic mass is 16.4. The standard InChI is InChI=1S/C23H22N4O/c24-17-21-23(28-22(25-21)12-11-19-7-3-1-4-8-19)27-15-13-26(14-16-27)18-20-9-5-2-6-10-20/h1-12H,13-16,18H2/p+1/b12-11+. The second kappa shape index (κ2) is 8.55. The first kappa shape index (κ1) is 18.0. The smallest absolute Gasteiger partial charge is 0.235 e. The van der Waals surface area contributed by atoms with Gasteiger partial charge in [0.15, 0.2) is 0 Å². The minimum absolute atomic E-state index is 0.360. The zero-order valence-corrected chi connectivity index (χ0v) is 15.7. The van der Waals surface area contributed by atoms with Crippen LogP contribution >= 0.6 is 0 Å². The van der Waals surface area contributed by atoms with Gasteiger partial charge in [-0.05, 0) is 11.6 Å². The van der Waals surface area contributed by atoms with Gasteiger partial charge >= 0.3 is 0 Å². The Bertz CT molecular complexity index is 965. The Hall–Kier alpha value is -3.36. The molecule has 0 amide bonds. The van der Waals surface area contributed by atoms with E-state index in [-0.39, 0.29) is 0 Å². The molecule has 1 N–H and O–H groups in total. The fourth-order valence-electron chi connectivity index (χ4n) is 3.51. The molecule has 140 valence electrons. The number of nitrogens with one attached hydrogen (secondary N) is 1. The van der Waals surface area contributed by atoms with E-state index < -0.39 is 0 Å². The summed E-state index contributed by atoms with van der Waals surface area (Å²) in [6.45, 7) is 4.76. The van der Waals surface area contributed by atoms with Crippen LogP contribution in [0.3, 0.4) is 0 Å². The lowest BCUT2D eigenvalue weighted by molar-refractivity contribution is -0.914. The molecule has 1 saturated heterocycles. The van der Waals surface area contributed by atoms with Crippen LogP contribution in [0.5, 0.6) is 0 Å². The maximum Gasteiger partial charge on any atom is 0.235 e. The molecule has 28 heavy (non-hydrogen) atoms. The van der Waals surface area contributed by atoms with E-state index in [4.69, 9.17) is 4.42 Å². The molecule has 0 unspecified atom stereocenters. The third-order valence-corrected chi connectivity index (χ3v) is 5.00. The van der Waals surface area contributed by atoms with Gasteiger partial charge in [-0.2, -0.15) is 10.2 Å². The normalized spacial score (nSPS) is 15.0. The van der Waals surface area contributed by atoms with Crippen LogP contribution in [0.15, 0.2) is 65.1 Å². The third kappa shape index (κ3) is 4.30. The van der Waals surface area contributed by atoms with Gasteiger partial charge in [0, 0.05) is 11.6 Å². The number of nitrogens with zero attached hydrogens (tertiary/aromatic N) is 3. The molecule has 2 aromatic carbocycles. The average Bonchev–Trinajstić information content (AvgIpc) is 3.18. The summed E-state index contributed by atoms with van der Waals surface area (Å²) in [6, 6.07) is 22.7. The largest absolute Gasteiger partial charge is 0.420 e. The van der Waals surface area contributed by atoms with E-state index in [0.29, 0.717) is 17.5 Å². The molecule has 5 heteroatoms. The van der Waals surface area contributed by atoms with Gasteiger partial charge in [0.05, 0.1) is 26.2 Å². The summed E-state index contributed by atoms with van der Waals surface area (Å²) in [6.07, 6.45) is 3.76. The van der Waals surface area contributed by atoms with Crippen molar-refractivity contribution in [2.24, 2.45) is 0 Å². The summed E-state index contributed by atoms with van der Waals surface area (Å²) >= 11 is 0. The maximum atomic E-state index is 9.47. The zero-order chi connectivity index (χ0) is 19.2. The molecule has 3 aromatic rings. The van der Waals surface area contributed by atoms with Crippen molar-refractivity contribution in [3.05, 3.63) is 83.4 Å². The molecule has 0 atom stereocenters. The highest BCUT2D eigenvalue weighted by Gasteiger charge is 2.25. The van der Waals surface area contributed by atoms with Gasteiger partial charge in [0.1, 0.15) is 12.6 Å². The van der Waals surface area contributed by atoms with Crippen molar-refractivity contribution in [1.29, 1.82) is 5.26 Å². The van der Waals surface area contributed by atoms with Crippen LogP contribution in [0.1, 0.15) is 22.7 Å². The molecule has 5 nitrogen and oxygen atoms in total. The van der Waals surface area contributed by atoms with E-state index in [1.807, 2.05) is 48.6 Å². The second-order valence-electron chi connectivity index (χ2n) is 6.96. The minimum Gasteiger partial charge on any atom is -0.420 e. The van der Waals surface area contributed by atoms with Gasteiger partial charge in [-0.15, -0.1) is 0 Å². The maximum absolute atomic E-state index is 9.47. The predicted octanol–water partition coefficient (Wildman–Crippen LogP) is 2.62. The Morgan fingerprint density at radius 3 is 2.36 bits per heavy atom. The fraction of sp³-hybridized carbons (Fsp3) is 0.217. The molecule has 0 radical (unpaired) electrons. The summed E-state index contributed by atoms with van der Waals surface area (Å²) in [5.41, 5.74) is 2.79. The van der Waals surface area contributed by atoms with E-state index >= 15 is 0 Å². The monoisotopic (exact) mass is 371 g/mol. The number of hydrogen-bond donors (Lipinski definition) is 1. The Labute approximate surface area is 165 Å². The number of hydrogen-bond acceptors (Lipinski definition) is 4. The Kier molecular flexibility index (Phi) is 5.51. The van der Waals surface area contributed by atoms with Crippen molar-refractivity contribution >= 4 is 18.0 Å². The molecule has 0 aliphatic carbocycles. The van der Waals surface area contributed by atoms with Crippen LogP contribution in [0.4, 0.5) is 5.88 Å². The first-order valence-electron chi connectivity index (χ1n) is 9.58. The van der Waals surface area contributed by atoms with E-state index in [1.54, 1.807) is 4.90 Å². The van der Waals surface area contributed by atoms with E-state index in [0.717, 1.165) is 38.3 Å². The Morgan fingerprint density at radius 2 is 1.68 bits per heavy atom. The van der Waals surface area contributed by atoms with Gasteiger partial charge in [-0.3, -0.25) is 0 Å². The van der Waals surface area contributed by atoms with Crippen molar-refractivity contribution in [1.82, 2.24) is 4.98 Å². The average molecular weight is 371 g/mol. The van der Waals surface area contributed by atoms with E-state index in [1.165, 1.54) is 5.56 Å². The second-order valence-corrected chi connectivity index (χ2v) is 6.96. The molecule has 0 bridgehead atoms. The number of oxazole rings is 1. The number of quaternary nitrogens is 1. The van der Waals surface area contributed by atoms with Crippen LogP contribution in [-0.2, 0) is 6.54 Å². The lowest BCUT2D eigenvalue weighted by Crippen LogP contribution is -3.13. The molecule has 4 rings (SSSR count). The number of anilines is 1. The van der Waals surface area contributed by atoms with Gasteiger partial charge in [0.25, 0.3) is 0 Å². The van der Waals surface area contributed by atoms with Crippen molar-refractivity contribution < 1.29 is 9.32 Å². The number of piperazine rings is 1. The number of benzene rings is 2. The number of nitriles is 1. The highest BCUT2D eigenvalue weighted by molar-refractivity contribution is 5.67. The molecule has 0 saturated carbocycles. The summed E-state index contributed by atoms with van der Waals surface area (Å²) in [5, 5.41) is 9.47. The molecule has 1 aliphatic rings. The van der Waals surface area contributed by atoms with Gasteiger partial charge < -0.3 is 14.2 Å². The summed E-state index contributed by atoms with van der Waals surface area (Å²) in [4.78, 5) is 8.03. The van der Waals surface area contributed by atoms with Crippen LogP contribution in [0.2, 0.25) is 0 Å². The molecule has 1 aliphatic heterocycles. The van der Waals surface area contributed by atoms with Crippen molar-refractivity contribution in [2.75, 3.05) is 31.1 Å². The molecule has 2 heterocycles. The molecule has 0 spiro atoms. The van der Waals surface area contributed by atoms with E-state index in [9.17, 15) is 5.26 Å². The Morgan fingerprint density at radius 1 is 1.00 bits per heavy atom. The summed E-state index contributed by atoms with van der Waals surface area (Å²) < 4.78 is 5.92. The number of rotatable bonds is 5. The first-order chi connectivity index (χ1) is 13.8. The van der Waals surface area contributed by atoms with Crippen LogP contribution in [0, 0.1) is 11.3 Å². The van der Waals surface area contributed by atoms with Crippen LogP contribution in [0.25, 0.3) is 12.2 Å². The van der Waals surface area contributed by atoms with Crippen LogP contribution in [-0.4, -0.2) is 31.2 Å².